The predicted molar refractivity (Wildman–Crippen MR) is 54.0 cm³/mol. The molecule has 1 aliphatic heterocycles. The van der Waals surface area contributed by atoms with Crippen LogP contribution < -0.4 is 0 Å². The molecule has 68 valence electrons. The van der Waals surface area contributed by atoms with Crippen molar-refractivity contribution < 1.29 is 4.74 Å². The zero-order chi connectivity index (χ0) is 9.42. The highest BCUT2D eigenvalue weighted by Crippen LogP contribution is 2.34. The van der Waals surface area contributed by atoms with Crippen LogP contribution in [0.3, 0.4) is 0 Å². The smallest absolute Gasteiger partial charge is 0.130 e. The molecule has 0 saturated carbocycles. The highest BCUT2D eigenvalue weighted by molar-refractivity contribution is 5.49. The summed E-state index contributed by atoms with van der Waals surface area (Å²) in [5.41, 5.74) is 3.99. The van der Waals surface area contributed by atoms with Crippen LogP contribution in [-0.2, 0) is 4.74 Å². The van der Waals surface area contributed by atoms with Crippen LogP contribution >= 0.6 is 0 Å². The molecule has 1 heteroatoms. The van der Waals surface area contributed by atoms with Gasteiger partial charge in [-0.25, -0.2) is 0 Å². The summed E-state index contributed by atoms with van der Waals surface area (Å²) in [7, 11) is 0. The van der Waals surface area contributed by atoms with E-state index in [9.17, 15) is 0 Å². The molecular weight excluding hydrogens is 160 g/mol. The van der Waals surface area contributed by atoms with E-state index >= 15 is 0 Å². The molecule has 1 aliphatic carbocycles. The molecule has 0 aromatic carbocycles. The lowest BCUT2D eigenvalue weighted by atomic mass is 9.93. The number of allylic oxidation sites excluding steroid dienone is 7. The molecule has 1 heterocycles. The number of hydrogen-bond acceptors (Lipinski definition) is 1. The minimum Gasteiger partial charge on any atom is -0.461 e. The molecule has 0 amide bonds. The summed E-state index contributed by atoms with van der Waals surface area (Å²) < 4.78 is 5.70. The molecule has 1 nitrogen and oxygen atoms in total. The van der Waals surface area contributed by atoms with Crippen molar-refractivity contribution in [1.29, 1.82) is 0 Å². The van der Waals surface area contributed by atoms with Gasteiger partial charge in [0.1, 0.15) is 11.5 Å². The molecule has 2 rings (SSSR count). The van der Waals surface area contributed by atoms with Crippen LogP contribution in [0.25, 0.3) is 0 Å². The average Bonchev–Trinajstić information content (AvgIpc) is 2.15. The molecule has 0 fully saturated rings. The summed E-state index contributed by atoms with van der Waals surface area (Å²) in [6.45, 7) is 6.31. The SMILES string of the molecule is CC1=C(C)C(C)=C2CC=CC=C2O1. The Balaban J connectivity index is 2.52. The van der Waals surface area contributed by atoms with E-state index in [1.165, 1.54) is 16.7 Å². The third kappa shape index (κ3) is 1.24. The van der Waals surface area contributed by atoms with Crippen LogP contribution in [0.4, 0.5) is 0 Å². The Labute approximate surface area is 79.1 Å². The van der Waals surface area contributed by atoms with E-state index in [1.807, 2.05) is 13.0 Å². The summed E-state index contributed by atoms with van der Waals surface area (Å²) in [5.74, 6) is 2.06. The summed E-state index contributed by atoms with van der Waals surface area (Å²) in [5, 5.41) is 0. The van der Waals surface area contributed by atoms with Crippen molar-refractivity contribution in [3.63, 3.8) is 0 Å². The van der Waals surface area contributed by atoms with E-state index in [4.69, 9.17) is 4.74 Å². The third-order valence-electron chi connectivity index (χ3n) is 2.81. The van der Waals surface area contributed by atoms with Gasteiger partial charge >= 0.3 is 0 Å². The summed E-state index contributed by atoms with van der Waals surface area (Å²) in [6, 6.07) is 0. The van der Waals surface area contributed by atoms with E-state index in [0.717, 1.165) is 17.9 Å². The van der Waals surface area contributed by atoms with Crippen molar-refractivity contribution in [2.45, 2.75) is 27.2 Å². The minimum absolute atomic E-state index is 1.00. The standard InChI is InChI=1S/C12H14O/c1-8-9(2)11-6-4-5-7-12(11)13-10(8)3/h4-5,7H,6H2,1-3H3. The topological polar surface area (TPSA) is 9.23 Å². The number of ether oxygens (including phenoxy) is 1. The summed E-state index contributed by atoms with van der Waals surface area (Å²) >= 11 is 0. The maximum Gasteiger partial charge on any atom is 0.130 e. The van der Waals surface area contributed by atoms with Crippen molar-refractivity contribution in [2.75, 3.05) is 0 Å². The lowest BCUT2D eigenvalue weighted by molar-refractivity contribution is 0.303. The fourth-order valence-electron chi connectivity index (χ4n) is 1.71. The lowest BCUT2D eigenvalue weighted by Crippen LogP contribution is -2.08. The van der Waals surface area contributed by atoms with Gasteiger partial charge in [0.05, 0.1) is 0 Å². The number of rotatable bonds is 0. The Bertz CT molecular complexity index is 365. The minimum atomic E-state index is 1.00. The molecule has 0 atom stereocenters. The molecule has 0 aromatic rings. The van der Waals surface area contributed by atoms with Crippen molar-refractivity contribution >= 4 is 0 Å². The Morgan fingerprint density at radius 3 is 2.69 bits per heavy atom. The summed E-state index contributed by atoms with van der Waals surface area (Å²) in [4.78, 5) is 0. The van der Waals surface area contributed by atoms with Gasteiger partial charge in [-0.05, 0) is 44.4 Å². The highest BCUT2D eigenvalue weighted by Gasteiger charge is 2.19. The number of hydrogen-bond donors (Lipinski definition) is 0. The Kier molecular flexibility index (Phi) is 1.87. The largest absolute Gasteiger partial charge is 0.461 e. The van der Waals surface area contributed by atoms with E-state index in [-0.39, 0.29) is 0 Å². The van der Waals surface area contributed by atoms with Crippen molar-refractivity contribution in [1.82, 2.24) is 0 Å². The second-order valence-corrected chi connectivity index (χ2v) is 3.55. The Hall–Kier alpha value is -1.24. The fraction of sp³-hybridized carbons (Fsp3) is 0.333. The van der Waals surface area contributed by atoms with E-state index in [0.29, 0.717) is 0 Å². The van der Waals surface area contributed by atoms with E-state index in [2.05, 4.69) is 26.0 Å². The van der Waals surface area contributed by atoms with Gasteiger partial charge in [0.2, 0.25) is 0 Å². The summed E-state index contributed by atoms with van der Waals surface area (Å²) in [6.07, 6.45) is 7.26. The highest BCUT2D eigenvalue weighted by atomic mass is 16.5. The van der Waals surface area contributed by atoms with Gasteiger partial charge in [-0.15, -0.1) is 0 Å². The zero-order valence-corrected chi connectivity index (χ0v) is 8.35. The number of fused-ring (bicyclic) bond motifs is 1. The van der Waals surface area contributed by atoms with Crippen molar-refractivity contribution in [3.05, 3.63) is 46.5 Å². The van der Waals surface area contributed by atoms with Gasteiger partial charge in [-0.1, -0.05) is 12.2 Å². The average molecular weight is 174 g/mol. The Morgan fingerprint density at radius 2 is 1.92 bits per heavy atom. The molecule has 0 aromatic heterocycles. The second kappa shape index (κ2) is 2.91. The lowest BCUT2D eigenvalue weighted by Gasteiger charge is -2.24. The van der Waals surface area contributed by atoms with Crippen LogP contribution in [-0.4, -0.2) is 0 Å². The van der Waals surface area contributed by atoms with Gasteiger partial charge in [0.15, 0.2) is 0 Å². The van der Waals surface area contributed by atoms with Crippen LogP contribution in [0.5, 0.6) is 0 Å². The van der Waals surface area contributed by atoms with Gasteiger partial charge in [-0.2, -0.15) is 0 Å². The molecule has 0 saturated heterocycles. The molecule has 0 bridgehead atoms. The van der Waals surface area contributed by atoms with Crippen LogP contribution in [0.15, 0.2) is 46.5 Å². The van der Waals surface area contributed by atoms with Gasteiger partial charge < -0.3 is 4.74 Å². The third-order valence-corrected chi connectivity index (χ3v) is 2.81. The van der Waals surface area contributed by atoms with E-state index in [1.54, 1.807) is 0 Å². The molecular formula is C12H14O. The normalized spacial score (nSPS) is 21.3. The van der Waals surface area contributed by atoms with Crippen LogP contribution in [0.2, 0.25) is 0 Å². The van der Waals surface area contributed by atoms with E-state index < -0.39 is 0 Å². The first kappa shape index (κ1) is 8.36. The molecule has 0 unspecified atom stereocenters. The van der Waals surface area contributed by atoms with Crippen LogP contribution in [0.1, 0.15) is 27.2 Å². The quantitative estimate of drug-likeness (QED) is 0.546. The maximum absolute atomic E-state index is 5.70. The Morgan fingerprint density at radius 1 is 1.15 bits per heavy atom. The second-order valence-electron chi connectivity index (χ2n) is 3.55. The molecule has 0 N–H and O–H groups in total. The van der Waals surface area contributed by atoms with Crippen molar-refractivity contribution in [2.24, 2.45) is 0 Å². The molecule has 2 aliphatic rings. The molecule has 0 spiro atoms. The first-order chi connectivity index (χ1) is 6.20. The van der Waals surface area contributed by atoms with Gasteiger partial charge in [-0.3, -0.25) is 0 Å². The van der Waals surface area contributed by atoms with Gasteiger partial charge in [0, 0.05) is 5.57 Å². The van der Waals surface area contributed by atoms with Crippen molar-refractivity contribution in [3.8, 4) is 0 Å². The first-order valence-electron chi connectivity index (χ1n) is 4.63. The monoisotopic (exact) mass is 174 g/mol. The predicted octanol–water partition coefficient (Wildman–Crippen LogP) is 3.47. The maximum atomic E-state index is 5.70. The molecule has 13 heavy (non-hydrogen) atoms. The van der Waals surface area contributed by atoms with Gasteiger partial charge in [0.25, 0.3) is 0 Å². The fourth-order valence-corrected chi connectivity index (χ4v) is 1.71. The molecule has 0 radical (unpaired) electrons. The first-order valence-corrected chi connectivity index (χ1v) is 4.63. The van der Waals surface area contributed by atoms with Crippen LogP contribution in [0, 0.1) is 0 Å². The zero-order valence-electron chi connectivity index (χ0n) is 8.35.